The minimum Gasteiger partial charge on any atom is -0.421 e. The van der Waals surface area contributed by atoms with Crippen LogP contribution in [0.25, 0.3) is 4.13 Å². The molecular formula is C15H30F6N2O7S2Si. The lowest BCUT2D eigenvalue weighted by molar-refractivity contribution is -0.968. The van der Waals surface area contributed by atoms with Gasteiger partial charge in [0.1, 0.15) is 6.17 Å². The van der Waals surface area contributed by atoms with Crippen molar-refractivity contribution in [2.24, 2.45) is 0 Å². The molecule has 1 aliphatic heterocycles. The van der Waals surface area contributed by atoms with E-state index in [1.807, 2.05) is 0 Å². The molecule has 0 aromatic carbocycles. The molecule has 0 aromatic rings. The molecule has 1 saturated heterocycles. The molecule has 9 nitrogen and oxygen atoms in total. The van der Waals surface area contributed by atoms with E-state index in [4.69, 9.17) is 13.3 Å². The number of halogens is 6. The Morgan fingerprint density at radius 1 is 0.758 bits per heavy atom. The first-order chi connectivity index (χ1) is 14.6. The summed E-state index contributed by atoms with van der Waals surface area (Å²) in [5.41, 5.74) is -12.2. The molecule has 200 valence electrons. The van der Waals surface area contributed by atoms with Crippen molar-refractivity contribution in [2.75, 3.05) is 40.6 Å². The first-order valence-electron chi connectivity index (χ1n) is 9.44. The molecule has 0 radical (unpaired) electrons. The fourth-order valence-electron chi connectivity index (χ4n) is 3.21. The van der Waals surface area contributed by atoms with Crippen LogP contribution >= 0.6 is 0 Å². The number of nitrogens with zero attached hydrogens (tertiary/aromatic N) is 2. The van der Waals surface area contributed by atoms with Gasteiger partial charge in [-0.15, -0.1) is 0 Å². The Hall–Kier alpha value is -0.503. The third kappa shape index (κ3) is 8.29. The van der Waals surface area contributed by atoms with Crippen LogP contribution in [0.2, 0.25) is 0 Å². The van der Waals surface area contributed by atoms with Gasteiger partial charge in [-0.1, -0.05) is 0 Å². The monoisotopic (exact) mass is 556 g/mol. The average Bonchev–Trinajstić information content (AvgIpc) is 2.64. The van der Waals surface area contributed by atoms with Crippen LogP contribution < -0.4 is 0 Å². The van der Waals surface area contributed by atoms with Gasteiger partial charge in [0.15, 0.2) is 20.0 Å². The number of quaternary nitrogens is 1. The number of rotatable bonds is 7. The van der Waals surface area contributed by atoms with Crippen LogP contribution in [-0.4, -0.2) is 87.3 Å². The summed E-state index contributed by atoms with van der Waals surface area (Å²) in [6.45, 7) is 9.36. The van der Waals surface area contributed by atoms with Gasteiger partial charge in [0.05, 0.1) is 18.6 Å². The zero-order valence-corrected chi connectivity index (χ0v) is 21.7. The largest absolute Gasteiger partial charge is 0.558 e. The second-order valence-corrected chi connectivity index (χ2v) is 14.5. The summed E-state index contributed by atoms with van der Waals surface area (Å²) in [7, 11) is -10.8. The van der Waals surface area contributed by atoms with Crippen LogP contribution in [0.3, 0.4) is 0 Å². The van der Waals surface area contributed by atoms with Crippen molar-refractivity contribution in [1.29, 1.82) is 0 Å². The number of sulfonamides is 2. The molecule has 1 heterocycles. The standard InChI is InChI=1S/C13H30NO3Si.C2F6NO4S2/c1-13(2,3)14(10-8-7-9-11-14)12-18(15-4,16-5)17-6;3-1(4,5)14(10,11)9-15(12,13)2(6,7)8/h7-12H2,1-6H3;/q+1;-1. The van der Waals surface area contributed by atoms with Crippen molar-refractivity contribution in [3.63, 3.8) is 0 Å². The predicted octanol–water partition coefficient (Wildman–Crippen LogP) is 3.26. The quantitative estimate of drug-likeness (QED) is 0.269. The third-order valence-corrected chi connectivity index (χ3v) is 10.9. The highest BCUT2D eigenvalue weighted by Gasteiger charge is 2.53. The van der Waals surface area contributed by atoms with Crippen molar-refractivity contribution in [2.45, 2.75) is 56.6 Å². The molecule has 1 fully saturated rings. The summed E-state index contributed by atoms with van der Waals surface area (Å²) in [5.74, 6) is 0. The molecule has 33 heavy (non-hydrogen) atoms. The summed E-state index contributed by atoms with van der Waals surface area (Å²) >= 11 is 0. The van der Waals surface area contributed by atoms with Crippen LogP contribution in [0, 0.1) is 0 Å². The average molecular weight is 557 g/mol. The van der Waals surface area contributed by atoms with E-state index in [0.717, 1.165) is 14.8 Å². The molecule has 0 spiro atoms. The van der Waals surface area contributed by atoms with Gasteiger partial charge in [-0.05, 0) is 40.0 Å². The zero-order chi connectivity index (χ0) is 26.6. The molecule has 1 aliphatic rings. The Balaban J connectivity index is 0.000000633. The van der Waals surface area contributed by atoms with E-state index in [1.165, 1.54) is 32.4 Å². The molecule has 0 atom stereocenters. The molecule has 0 unspecified atom stereocenters. The van der Waals surface area contributed by atoms with Crippen LogP contribution in [0.1, 0.15) is 40.0 Å². The Bertz CT molecular complexity index is 782. The number of likely N-dealkylation sites (tertiary alicyclic amines) is 1. The molecule has 1 rings (SSSR count). The first kappa shape index (κ1) is 32.5. The number of hydrogen-bond donors (Lipinski definition) is 0. The Labute approximate surface area is 191 Å². The van der Waals surface area contributed by atoms with E-state index < -0.39 is 39.9 Å². The summed E-state index contributed by atoms with van der Waals surface area (Å²) < 4.78 is 127. The highest BCUT2D eigenvalue weighted by atomic mass is 32.3. The predicted molar refractivity (Wildman–Crippen MR) is 109 cm³/mol. The van der Waals surface area contributed by atoms with Gasteiger partial charge in [-0.3, -0.25) is 0 Å². The van der Waals surface area contributed by atoms with Crippen LogP contribution in [-0.2, 0) is 33.3 Å². The Kier molecular flexibility index (Phi) is 10.9. The SMILES string of the molecule is CO[Si](C[N+]1(C(C)(C)C)CCCCC1)(OC)OC.O=S(=O)([N-]S(=O)(=O)C(F)(F)F)C(F)(F)F. The van der Waals surface area contributed by atoms with Crippen molar-refractivity contribution in [1.82, 2.24) is 0 Å². The van der Waals surface area contributed by atoms with Crippen LogP contribution in [0.4, 0.5) is 26.3 Å². The minimum absolute atomic E-state index is 0.203. The third-order valence-electron chi connectivity index (χ3n) is 5.31. The second-order valence-electron chi connectivity index (χ2n) is 8.19. The Morgan fingerprint density at radius 3 is 1.33 bits per heavy atom. The zero-order valence-electron chi connectivity index (χ0n) is 19.1. The van der Waals surface area contributed by atoms with E-state index in [1.54, 1.807) is 21.3 Å². The van der Waals surface area contributed by atoms with Gasteiger partial charge in [0, 0.05) is 21.3 Å². The lowest BCUT2D eigenvalue weighted by Crippen LogP contribution is -2.70. The molecule has 0 aliphatic carbocycles. The van der Waals surface area contributed by atoms with Gasteiger partial charge in [-0.25, -0.2) is 16.8 Å². The van der Waals surface area contributed by atoms with Crippen molar-refractivity contribution in [3.05, 3.63) is 4.13 Å². The summed E-state index contributed by atoms with van der Waals surface area (Å²) in [5, 5.41) is 0. The smallest absolute Gasteiger partial charge is 0.421 e. The Morgan fingerprint density at radius 2 is 1.09 bits per heavy atom. The van der Waals surface area contributed by atoms with Crippen molar-refractivity contribution < 1.29 is 60.9 Å². The molecule has 0 saturated carbocycles. The maximum Gasteiger partial charge on any atom is 0.558 e. The normalized spacial score (nSPS) is 18.4. The van der Waals surface area contributed by atoms with Gasteiger partial charge in [-0.2, -0.15) is 26.3 Å². The molecule has 0 N–H and O–H groups in total. The highest BCUT2D eigenvalue weighted by Crippen LogP contribution is 2.36. The molecule has 0 aromatic heterocycles. The second kappa shape index (κ2) is 11.0. The fraction of sp³-hybridized carbons (Fsp3) is 1.00. The molecule has 18 heteroatoms. The molecule has 0 amide bonds. The lowest BCUT2D eigenvalue weighted by Gasteiger charge is -2.52. The maximum absolute atomic E-state index is 11.4. The minimum atomic E-state index is -6.72. The van der Waals surface area contributed by atoms with E-state index in [2.05, 4.69) is 20.8 Å². The van der Waals surface area contributed by atoms with E-state index >= 15 is 0 Å². The van der Waals surface area contributed by atoms with Crippen molar-refractivity contribution in [3.8, 4) is 0 Å². The van der Waals surface area contributed by atoms with Gasteiger partial charge in [0.2, 0.25) is 0 Å². The molecule has 0 bridgehead atoms. The van der Waals surface area contributed by atoms with Crippen LogP contribution in [0.5, 0.6) is 0 Å². The van der Waals surface area contributed by atoms with Crippen LogP contribution in [0.15, 0.2) is 0 Å². The van der Waals surface area contributed by atoms with E-state index in [9.17, 15) is 43.2 Å². The van der Waals surface area contributed by atoms with E-state index in [-0.39, 0.29) is 5.54 Å². The summed E-state index contributed by atoms with van der Waals surface area (Å²) in [6.07, 6.45) is 4.80. The fourth-order valence-corrected chi connectivity index (χ4v) is 7.34. The topological polar surface area (TPSA) is 110 Å². The van der Waals surface area contributed by atoms with E-state index in [0.29, 0.717) is 0 Å². The molecular weight excluding hydrogens is 526 g/mol. The summed E-state index contributed by atoms with van der Waals surface area (Å²) in [4.78, 5) is 0. The van der Waals surface area contributed by atoms with Gasteiger partial charge < -0.3 is 21.9 Å². The van der Waals surface area contributed by atoms with Gasteiger partial charge >= 0.3 is 19.8 Å². The first-order valence-corrected chi connectivity index (χ1v) is 14.2. The van der Waals surface area contributed by atoms with Crippen molar-refractivity contribution >= 4 is 28.9 Å². The number of piperidine rings is 1. The lowest BCUT2D eigenvalue weighted by atomic mass is 9.97. The van der Waals surface area contributed by atoms with Gasteiger partial charge in [0.25, 0.3) is 0 Å². The maximum atomic E-state index is 11.4. The number of alkyl halides is 6. The number of hydrogen-bond acceptors (Lipinski definition) is 7. The highest BCUT2D eigenvalue weighted by molar-refractivity contribution is 8.13. The summed E-state index contributed by atoms with van der Waals surface area (Å²) in [6, 6.07) is 0.